The molecule has 0 bridgehead atoms. The Morgan fingerprint density at radius 3 is 2.58 bits per heavy atom. The van der Waals surface area contributed by atoms with Gasteiger partial charge in [-0.2, -0.15) is 13.2 Å². The van der Waals surface area contributed by atoms with Crippen LogP contribution in [0.25, 0.3) is 0 Å². The van der Waals surface area contributed by atoms with Crippen LogP contribution in [-0.2, 0) is 10.9 Å². The molecule has 3 heterocycles. The first kappa shape index (κ1) is 29.8. The SMILES string of the molecule is Br.COc1cc(OC)cc(C2CCN(C(=NCC3CCCO3)NCCNc3nccc(C(F)(F)F)n3)C2)c1. The molecule has 2 aliphatic heterocycles. The Hall–Kier alpha value is -2.80. The number of likely N-dealkylation sites (tertiary alicyclic amines) is 1. The molecular formula is C25H34BrF3N6O3. The Bertz CT molecular complexity index is 1050. The van der Waals surface area contributed by atoms with Crippen molar-refractivity contribution in [3.63, 3.8) is 0 Å². The molecule has 2 aromatic rings. The summed E-state index contributed by atoms with van der Waals surface area (Å²) in [6.45, 7) is 3.64. The summed E-state index contributed by atoms with van der Waals surface area (Å²) in [7, 11) is 3.27. The second kappa shape index (κ2) is 13.8. The van der Waals surface area contributed by atoms with Gasteiger partial charge in [0.1, 0.15) is 17.2 Å². The molecule has 13 heteroatoms. The summed E-state index contributed by atoms with van der Waals surface area (Å²) in [5, 5.41) is 6.20. The summed E-state index contributed by atoms with van der Waals surface area (Å²) in [4.78, 5) is 14.4. The maximum absolute atomic E-state index is 12.9. The van der Waals surface area contributed by atoms with Crippen molar-refractivity contribution in [3.05, 3.63) is 41.7 Å². The number of guanidine groups is 1. The smallest absolute Gasteiger partial charge is 0.433 e. The number of benzene rings is 1. The molecule has 2 unspecified atom stereocenters. The molecule has 2 aliphatic rings. The zero-order valence-electron chi connectivity index (χ0n) is 21.5. The fourth-order valence-electron chi connectivity index (χ4n) is 4.48. The lowest BCUT2D eigenvalue weighted by Gasteiger charge is -2.23. The fourth-order valence-corrected chi connectivity index (χ4v) is 4.48. The number of hydrogen-bond donors (Lipinski definition) is 2. The van der Waals surface area contributed by atoms with Crippen LogP contribution < -0.4 is 20.1 Å². The number of methoxy groups -OCH3 is 2. The topological polar surface area (TPSA) is 93.1 Å². The Morgan fingerprint density at radius 1 is 1.16 bits per heavy atom. The van der Waals surface area contributed by atoms with Crippen LogP contribution in [0.2, 0.25) is 0 Å². The van der Waals surface area contributed by atoms with Gasteiger partial charge in [-0.3, -0.25) is 4.99 Å². The highest BCUT2D eigenvalue weighted by molar-refractivity contribution is 8.93. The molecule has 0 aliphatic carbocycles. The second-order valence-corrected chi connectivity index (χ2v) is 8.99. The van der Waals surface area contributed by atoms with Gasteiger partial charge in [0.15, 0.2) is 5.96 Å². The van der Waals surface area contributed by atoms with Gasteiger partial charge < -0.3 is 29.7 Å². The molecule has 1 aromatic carbocycles. The highest BCUT2D eigenvalue weighted by atomic mass is 79.9. The van der Waals surface area contributed by atoms with E-state index in [2.05, 4.69) is 25.5 Å². The Morgan fingerprint density at radius 2 is 1.92 bits per heavy atom. The molecule has 0 saturated carbocycles. The van der Waals surface area contributed by atoms with E-state index >= 15 is 0 Å². The summed E-state index contributed by atoms with van der Waals surface area (Å²) in [5.41, 5.74) is 0.162. The van der Waals surface area contributed by atoms with E-state index in [1.54, 1.807) is 14.2 Å². The lowest BCUT2D eigenvalue weighted by atomic mass is 9.98. The van der Waals surface area contributed by atoms with Gasteiger partial charge in [0.25, 0.3) is 0 Å². The van der Waals surface area contributed by atoms with E-state index in [0.29, 0.717) is 19.6 Å². The van der Waals surface area contributed by atoms with Crippen LogP contribution in [0.3, 0.4) is 0 Å². The number of aliphatic imine (C=N–C) groups is 1. The van der Waals surface area contributed by atoms with Crippen molar-refractivity contribution in [2.75, 3.05) is 58.9 Å². The number of halogens is 4. The molecule has 2 atom stereocenters. The predicted molar refractivity (Wildman–Crippen MR) is 144 cm³/mol. The third-order valence-electron chi connectivity index (χ3n) is 6.44. The van der Waals surface area contributed by atoms with Gasteiger partial charge in [-0.05, 0) is 43.0 Å². The average Bonchev–Trinajstić information content (AvgIpc) is 3.60. The van der Waals surface area contributed by atoms with Gasteiger partial charge in [0.2, 0.25) is 5.95 Å². The zero-order valence-corrected chi connectivity index (χ0v) is 23.2. The highest BCUT2D eigenvalue weighted by Gasteiger charge is 2.33. The molecule has 2 N–H and O–H groups in total. The largest absolute Gasteiger partial charge is 0.497 e. The van der Waals surface area contributed by atoms with Crippen LogP contribution in [0, 0.1) is 0 Å². The van der Waals surface area contributed by atoms with Crippen LogP contribution >= 0.6 is 17.0 Å². The molecule has 4 rings (SSSR count). The summed E-state index contributed by atoms with van der Waals surface area (Å²) in [5.74, 6) is 2.46. The van der Waals surface area contributed by atoms with Gasteiger partial charge in [-0.15, -0.1) is 17.0 Å². The number of anilines is 1. The fraction of sp³-hybridized carbons (Fsp3) is 0.560. The van der Waals surface area contributed by atoms with Crippen molar-refractivity contribution in [2.24, 2.45) is 4.99 Å². The maximum Gasteiger partial charge on any atom is 0.433 e. The molecule has 0 spiro atoms. The van der Waals surface area contributed by atoms with Gasteiger partial charge in [-0.25, -0.2) is 9.97 Å². The Kier molecular flexibility index (Phi) is 10.8. The van der Waals surface area contributed by atoms with Crippen molar-refractivity contribution >= 4 is 28.9 Å². The van der Waals surface area contributed by atoms with E-state index in [1.165, 1.54) is 0 Å². The number of hydrogen-bond acceptors (Lipinski definition) is 7. The van der Waals surface area contributed by atoms with Crippen molar-refractivity contribution in [3.8, 4) is 11.5 Å². The second-order valence-electron chi connectivity index (χ2n) is 8.99. The number of rotatable bonds is 9. The van der Waals surface area contributed by atoms with Crippen LogP contribution in [0.5, 0.6) is 11.5 Å². The van der Waals surface area contributed by atoms with Crippen LogP contribution in [0.15, 0.2) is 35.5 Å². The number of nitrogens with one attached hydrogen (secondary N) is 2. The summed E-state index contributed by atoms with van der Waals surface area (Å²) in [6.07, 6.45) is -0.357. The standard InChI is InChI=1S/C25H33F3N6O3.BrH/c1-35-20-12-18(13-21(14-20)36-2)17-6-10-34(16-17)24(32-15-19-4-3-11-37-19)31-9-8-30-23-29-7-5-22(33-23)25(26,27)28;/h5,7,12-14,17,19H,3-4,6,8-11,15-16H2,1-2H3,(H,31,32)(H,29,30,33);1H. The lowest BCUT2D eigenvalue weighted by Crippen LogP contribution is -2.42. The third kappa shape index (κ3) is 8.10. The van der Waals surface area contributed by atoms with Crippen LogP contribution in [0.1, 0.15) is 36.4 Å². The van der Waals surface area contributed by atoms with Gasteiger partial charge in [0.05, 0.1) is 26.9 Å². The van der Waals surface area contributed by atoms with E-state index in [1.807, 2.05) is 18.2 Å². The Labute approximate surface area is 230 Å². The molecule has 2 fully saturated rings. The first-order valence-corrected chi connectivity index (χ1v) is 12.4. The van der Waals surface area contributed by atoms with E-state index in [0.717, 1.165) is 74.2 Å². The Balaban J connectivity index is 0.00000400. The zero-order chi connectivity index (χ0) is 26.3. The van der Waals surface area contributed by atoms with Gasteiger partial charge in [-0.1, -0.05) is 0 Å². The van der Waals surface area contributed by atoms with Crippen molar-refractivity contribution < 1.29 is 27.4 Å². The number of aromatic nitrogens is 2. The minimum absolute atomic E-state index is 0. The van der Waals surface area contributed by atoms with Crippen molar-refractivity contribution in [1.82, 2.24) is 20.2 Å². The average molecular weight is 603 g/mol. The molecule has 2 saturated heterocycles. The van der Waals surface area contributed by atoms with E-state index in [-0.39, 0.29) is 35.0 Å². The van der Waals surface area contributed by atoms with E-state index in [4.69, 9.17) is 19.2 Å². The first-order valence-electron chi connectivity index (χ1n) is 12.4. The van der Waals surface area contributed by atoms with Crippen LogP contribution in [0.4, 0.5) is 19.1 Å². The van der Waals surface area contributed by atoms with E-state index < -0.39 is 11.9 Å². The molecule has 210 valence electrons. The lowest BCUT2D eigenvalue weighted by molar-refractivity contribution is -0.141. The molecule has 38 heavy (non-hydrogen) atoms. The number of ether oxygens (including phenoxy) is 3. The molecule has 0 amide bonds. The summed E-state index contributed by atoms with van der Waals surface area (Å²) >= 11 is 0. The molecule has 9 nitrogen and oxygen atoms in total. The predicted octanol–water partition coefficient (Wildman–Crippen LogP) is 4.12. The minimum Gasteiger partial charge on any atom is -0.497 e. The van der Waals surface area contributed by atoms with Crippen molar-refractivity contribution in [2.45, 2.75) is 37.5 Å². The minimum atomic E-state index is -4.52. The summed E-state index contributed by atoms with van der Waals surface area (Å²) in [6, 6.07) is 6.77. The summed E-state index contributed by atoms with van der Waals surface area (Å²) < 4.78 is 55.3. The first-order chi connectivity index (χ1) is 17.9. The van der Waals surface area contributed by atoms with Gasteiger partial charge >= 0.3 is 6.18 Å². The maximum atomic E-state index is 12.9. The normalized spacial score (nSPS) is 19.7. The quantitative estimate of drug-likeness (QED) is 0.252. The number of nitrogens with zero attached hydrogens (tertiary/aromatic N) is 4. The number of alkyl halides is 3. The third-order valence-corrected chi connectivity index (χ3v) is 6.44. The van der Waals surface area contributed by atoms with E-state index in [9.17, 15) is 13.2 Å². The monoisotopic (exact) mass is 602 g/mol. The highest BCUT2D eigenvalue weighted by Crippen LogP contribution is 2.33. The molecule has 0 radical (unpaired) electrons. The van der Waals surface area contributed by atoms with Gasteiger partial charge in [0, 0.05) is 51.0 Å². The molecular weight excluding hydrogens is 569 g/mol. The molecule has 1 aromatic heterocycles. The van der Waals surface area contributed by atoms with Crippen LogP contribution in [-0.4, -0.2) is 80.5 Å². The van der Waals surface area contributed by atoms with Crippen molar-refractivity contribution in [1.29, 1.82) is 0 Å².